The number of aliphatic hydroxyl groups is 1. The smallest absolute Gasteiger partial charge is 0.237 e. The van der Waals surface area contributed by atoms with Crippen LogP contribution in [0.1, 0.15) is 97.6 Å². The van der Waals surface area contributed by atoms with Crippen molar-refractivity contribution >= 4 is 17.5 Å². The van der Waals surface area contributed by atoms with Gasteiger partial charge in [0.25, 0.3) is 0 Å². The van der Waals surface area contributed by atoms with Crippen LogP contribution in [0.15, 0.2) is 66.9 Å². The number of piperidine rings is 1. The minimum atomic E-state index is -0.590. The molecule has 1 amide bonds. The summed E-state index contributed by atoms with van der Waals surface area (Å²) in [5.74, 6) is 1.39. The number of carbonyl (C=O) groups excluding carboxylic acids is 1. The molecule has 10 heteroatoms. The van der Waals surface area contributed by atoms with Gasteiger partial charge in [0.15, 0.2) is 0 Å². The number of nitrogens with zero attached hydrogens (tertiary/aromatic N) is 1. The van der Waals surface area contributed by atoms with Gasteiger partial charge in [-0.05, 0) is 82.5 Å². The van der Waals surface area contributed by atoms with Crippen molar-refractivity contribution in [3.8, 4) is 0 Å². The zero-order valence-electron chi connectivity index (χ0n) is 31.9. The van der Waals surface area contributed by atoms with Crippen molar-refractivity contribution in [1.29, 1.82) is 0 Å². The first-order valence-electron chi connectivity index (χ1n) is 18.6. The van der Waals surface area contributed by atoms with Crippen LogP contribution in [-0.4, -0.2) is 72.1 Å². The lowest BCUT2D eigenvalue weighted by atomic mass is 9.72. The average Bonchev–Trinajstić information content (AvgIpc) is 3.10. The first kappa shape index (κ1) is 45.5. The van der Waals surface area contributed by atoms with Gasteiger partial charge in [-0.3, -0.25) is 19.7 Å². The molecule has 0 bridgehead atoms. The maximum atomic E-state index is 13.1. The van der Waals surface area contributed by atoms with Crippen molar-refractivity contribution in [2.45, 2.75) is 124 Å². The number of hydrogen-bond donors (Lipinski definition) is 6. The quantitative estimate of drug-likeness (QED) is 0.113. The Morgan fingerprint density at radius 3 is 2.16 bits per heavy atom. The number of aliphatic hydroxyl groups excluding tert-OH is 1. The zero-order valence-corrected chi connectivity index (χ0v) is 32.6. The summed E-state index contributed by atoms with van der Waals surface area (Å²) in [5, 5.41) is 29.4. The van der Waals surface area contributed by atoms with E-state index in [1.807, 2.05) is 63.4 Å². The van der Waals surface area contributed by atoms with E-state index in [0.29, 0.717) is 25.0 Å². The van der Waals surface area contributed by atoms with Crippen molar-refractivity contribution < 1.29 is 19.9 Å². The summed E-state index contributed by atoms with van der Waals surface area (Å²) in [6.45, 7) is 19.0. The molecule has 1 aliphatic carbocycles. The van der Waals surface area contributed by atoms with Crippen LogP contribution in [0.5, 0.6) is 0 Å². The van der Waals surface area contributed by atoms with Crippen LogP contribution in [-0.2, 0) is 22.6 Å². The lowest BCUT2D eigenvalue weighted by Crippen LogP contribution is -2.59. The summed E-state index contributed by atoms with van der Waals surface area (Å²) in [4.78, 5) is 19.5. The molecule has 2 aliphatic rings. The number of rotatable bonds is 14. The van der Waals surface area contributed by atoms with Gasteiger partial charge in [-0.15, -0.1) is 0 Å². The molecule has 6 N–H and O–H groups in total. The van der Waals surface area contributed by atoms with Crippen LogP contribution in [0, 0.1) is 11.8 Å². The van der Waals surface area contributed by atoms with Gasteiger partial charge in [-0.2, -0.15) is 0 Å². The number of nitrogens with one attached hydrogen (secondary N) is 4. The van der Waals surface area contributed by atoms with Crippen molar-refractivity contribution in [3.63, 3.8) is 0 Å². The number of fused-ring (bicyclic) bond motifs is 1. The monoisotopic (exact) mass is 717 g/mol. The lowest BCUT2D eigenvalue weighted by Gasteiger charge is -2.46. The minimum absolute atomic E-state index is 0.113. The van der Waals surface area contributed by atoms with E-state index in [9.17, 15) is 9.90 Å². The van der Waals surface area contributed by atoms with E-state index in [4.69, 9.17) is 16.8 Å². The fraction of sp³-hybridized carbons (Fsp3) is 0.625. The highest BCUT2D eigenvalue weighted by Crippen LogP contribution is 2.38. The lowest BCUT2D eigenvalue weighted by molar-refractivity contribution is -0.131. The number of amides is 1. The molecular formula is C40H68ClN5O4. The predicted octanol–water partition coefficient (Wildman–Crippen LogP) is 7.27. The second-order valence-electron chi connectivity index (χ2n) is 13.5. The van der Waals surface area contributed by atoms with Crippen molar-refractivity contribution in [2.75, 3.05) is 26.7 Å². The Morgan fingerprint density at radius 2 is 1.62 bits per heavy atom. The van der Waals surface area contributed by atoms with E-state index in [1.54, 1.807) is 6.92 Å². The fourth-order valence-corrected chi connectivity index (χ4v) is 6.54. The SMILES string of the molecule is C=C(CC)NC(Cc1ccccc1)C(O)CN1CC2CCCCC2CC1C(=O)NC(C)C.CCC.CCONO.CNCc1ccccc1Cl. The fourth-order valence-electron chi connectivity index (χ4n) is 6.33. The molecule has 1 saturated heterocycles. The molecule has 5 unspecified atom stereocenters. The largest absolute Gasteiger partial charge is 0.390 e. The highest BCUT2D eigenvalue weighted by atomic mass is 35.5. The van der Waals surface area contributed by atoms with Gasteiger partial charge in [0.2, 0.25) is 5.91 Å². The molecule has 0 radical (unpaired) electrons. The van der Waals surface area contributed by atoms with Crippen LogP contribution in [0.4, 0.5) is 0 Å². The second-order valence-corrected chi connectivity index (χ2v) is 13.9. The maximum Gasteiger partial charge on any atom is 0.237 e. The highest BCUT2D eigenvalue weighted by Gasteiger charge is 2.41. The van der Waals surface area contributed by atoms with Gasteiger partial charge in [-0.1, -0.05) is 119 Å². The molecule has 50 heavy (non-hydrogen) atoms. The third-order valence-corrected chi connectivity index (χ3v) is 9.14. The van der Waals surface area contributed by atoms with Gasteiger partial charge in [0.05, 0.1) is 24.8 Å². The third-order valence-electron chi connectivity index (χ3n) is 8.77. The molecule has 0 spiro atoms. The molecule has 2 fully saturated rings. The number of benzene rings is 2. The standard InChI is InChI=1S/C27H43N3O2.C8H10ClN.C3H8.C2H7NO2/c1-5-20(4)29-24(15-21-11-7-6-8-12-21)26(31)18-30-17-23-14-10-9-13-22(23)16-25(30)27(32)28-19(2)3;1-10-6-7-4-2-3-5-8(7)9;1-3-2;1-2-5-3-4/h6-8,11-12,19,22-26,29,31H,4-5,9-10,13-18H2,1-3H3,(H,28,32);2-5,10H,6H2,1H3;3H2,1-2H3;3-4H,2H2,1H3. The Kier molecular flexibility index (Phi) is 24.8. The molecule has 284 valence electrons. The van der Waals surface area contributed by atoms with Crippen molar-refractivity contribution in [2.24, 2.45) is 11.8 Å². The molecular weight excluding hydrogens is 650 g/mol. The first-order chi connectivity index (χ1) is 24.0. The molecule has 2 aromatic carbocycles. The van der Waals surface area contributed by atoms with Gasteiger partial charge >= 0.3 is 0 Å². The van der Waals surface area contributed by atoms with Crippen molar-refractivity contribution in [3.05, 3.63) is 83.0 Å². The summed E-state index contributed by atoms with van der Waals surface area (Å²) < 4.78 is 0. The Balaban J connectivity index is 0.000000568. The zero-order chi connectivity index (χ0) is 37.3. The number of allylic oxidation sites excluding steroid dienone is 1. The number of carbonyl (C=O) groups is 1. The Morgan fingerprint density at radius 1 is 1.00 bits per heavy atom. The van der Waals surface area contributed by atoms with E-state index in [-0.39, 0.29) is 24.0 Å². The Labute approximate surface area is 308 Å². The number of hydrogen-bond acceptors (Lipinski definition) is 8. The van der Waals surface area contributed by atoms with E-state index >= 15 is 0 Å². The Hall–Kier alpha value is -2.50. The van der Waals surface area contributed by atoms with Crippen LogP contribution < -0.4 is 21.6 Å². The molecule has 1 saturated carbocycles. The van der Waals surface area contributed by atoms with Crippen molar-refractivity contribution in [1.82, 2.24) is 26.5 Å². The van der Waals surface area contributed by atoms with Gasteiger partial charge in [-0.25, -0.2) is 0 Å². The van der Waals surface area contributed by atoms with E-state index in [2.05, 4.69) is 65.2 Å². The minimum Gasteiger partial charge on any atom is -0.390 e. The second kappa shape index (κ2) is 27.2. The molecule has 2 aromatic rings. The number of likely N-dealkylation sites (tertiary alicyclic amines) is 1. The summed E-state index contributed by atoms with van der Waals surface area (Å²) in [5.41, 5.74) is 4.79. The molecule has 9 nitrogen and oxygen atoms in total. The number of β-amino-alcohol motifs (C(OH)–C–C–N with tert-alkyl or cyclic N) is 1. The van der Waals surface area contributed by atoms with Gasteiger partial charge in [0, 0.05) is 36.4 Å². The normalized spacial score (nSPS) is 19.5. The van der Waals surface area contributed by atoms with Crippen LogP contribution in [0.3, 0.4) is 0 Å². The van der Waals surface area contributed by atoms with E-state index in [0.717, 1.165) is 48.6 Å². The summed E-state index contributed by atoms with van der Waals surface area (Å²) >= 11 is 5.86. The predicted molar refractivity (Wildman–Crippen MR) is 208 cm³/mol. The molecule has 0 aromatic heterocycles. The van der Waals surface area contributed by atoms with E-state index in [1.165, 1.54) is 43.3 Å². The van der Waals surface area contributed by atoms with Crippen LogP contribution in [0.25, 0.3) is 0 Å². The molecule has 1 aliphatic heterocycles. The summed E-state index contributed by atoms with van der Waals surface area (Å²) in [6, 6.07) is 17.9. The third kappa shape index (κ3) is 18.1. The average molecular weight is 718 g/mol. The number of halogens is 1. The summed E-state index contributed by atoms with van der Waals surface area (Å²) in [7, 11) is 1.91. The summed E-state index contributed by atoms with van der Waals surface area (Å²) in [6.07, 6.45) is 8.17. The molecule has 1 heterocycles. The van der Waals surface area contributed by atoms with Gasteiger partial charge in [0.1, 0.15) is 0 Å². The molecule has 4 rings (SSSR count). The van der Waals surface area contributed by atoms with E-state index < -0.39 is 6.10 Å². The Bertz CT molecular complexity index is 1170. The van der Waals surface area contributed by atoms with Crippen LogP contribution in [0.2, 0.25) is 5.02 Å². The topological polar surface area (TPSA) is 118 Å². The van der Waals surface area contributed by atoms with Gasteiger partial charge < -0.3 is 21.1 Å². The molecule has 5 atom stereocenters. The highest BCUT2D eigenvalue weighted by molar-refractivity contribution is 6.31. The van der Waals surface area contributed by atoms with Crippen LogP contribution >= 0.6 is 11.6 Å². The maximum absolute atomic E-state index is 13.1. The first-order valence-corrected chi connectivity index (χ1v) is 19.0.